The van der Waals surface area contributed by atoms with E-state index < -0.39 is 6.10 Å². The third-order valence-electron chi connectivity index (χ3n) is 1.21. The minimum Gasteiger partial charge on any atom is -0.383 e. The van der Waals surface area contributed by atoms with Crippen molar-refractivity contribution in [2.45, 2.75) is 6.10 Å². The van der Waals surface area contributed by atoms with Gasteiger partial charge in [0.25, 0.3) is 0 Å². The Morgan fingerprint density at radius 3 is 2.73 bits per heavy atom. The van der Waals surface area contributed by atoms with Crippen LogP contribution in [-0.2, 0) is 4.74 Å². The largest absolute Gasteiger partial charge is 0.383 e. The van der Waals surface area contributed by atoms with Gasteiger partial charge in [-0.25, -0.2) is 9.97 Å². The Kier molecular flexibility index (Phi) is 2.95. The molecular formula is C7H10N2O2. The van der Waals surface area contributed by atoms with Gasteiger partial charge in [0.1, 0.15) is 6.10 Å². The molecule has 0 saturated heterocycles. The van der Waals surface area contributed by atoms with E-state index in [1.165, 1.54) is 7.11 Å². The molecule has 1 aromatic rings. The Balaban J connectivity index is 2.61. The van der Waals surface area contributed by atoms with Gasteiger partial charge in [-0.05, 0) is 6.07 Å². The summed E-state index contributed by atoms with van der Waals surface area (Å²) in [6.07, 6.45) is 2.45. The normalized spacial score (nSPS) is 12.9. The molecule has 1 aromatic heterocycles. The lowest BCUT2D eigenvalue weighted by molar-refractivity contribution is 0.0588. The van der Waals surface area contributed by atoms with Crippen molar-refractivity contribution in [3.8, 4) is 0 Å². The van der Waals surface area contributed by atoms with Crippen LogP contribution >= 0.6 is 0 Å². The number of ether oxygens (including phenoxy) is 1. The molecule has 0 amide bonds. The smallest absolute Gasteiger partial charge is 0.159 e. The molecule has 1 atom stereocenters. The lowest BCUT2D eigenvalue weighted by Gasteiger charge is -2.05. The van der Waals surface area contributed by atoms with Crippen molar-refractivity contribution in [2.75, 3.05) is 13.7 Å². The summed E-state index contributed by atoms with van der Waals surface area (Å²) in [6, 6.07) is 1.70. The first-order valence-corrected chi connectivity index (χ1v) is 3.28. The van der Waals surface area contributed by atoms with E-state index in [4.69, 9.17) is 4.74 Å². The number of aliphatic hydroxyl groups excluding tert-OH is 1. The first kappa shape index (κ1) is 8.10. The second-order valence-corrected chi connectivity index (χ2v) is 2.08. The van der Waals surface area contributed by atoms with Gasteiger partial charge in [-0.15, -0.1) is 0 Å². The van der Waals surface area contributed by atoms with Crippen LogP contribution in [0.2, 0.25) is 0 Å². The van der Waals surface area contributed by atoms with E-state index in [1.807, 2.05) is 0 Å². The second kappa shape index (κ2) is 4.00. The monoisotopic (exact) mass is 154 g/mol. The molecule has 0 bridgehead atoms. The third kappa shape index (κ3) is 2.25. The summed E-state index contributed by atoms with van der Waals surface area (Å²) >= 11 is 0. The predicted octanol–water partition coefficient (Wildman–Crippen LogP) is 0.156. The molecule has 0 radical (unpaired) electrons. The highest BCUT2D eigenvalue weighted by molar-refractivity contribution is 4.92. The minimum atomic E-state index is -0.721. The first-order valence-electron chi connectivity index (χ1n) is 3.28. The van der Waals surface area contributed by atoms with Crippen LogP contribution in [0.15, 0.2) is 18.5 Å². The fourth-order valence-corrected chi connectivity index (χ4v) is 0.715. The minimum absolute atomic E-state index is 0.226. The molecule has 1 rings (SSSR count). The fraction of sp³-hybridized carbons (Fsp3) is 0.429. The van der Waals surface area contributed by atoms with Crippen molar-refractivity contribution >= 4 is 0 Å². The van der Waals surface area contributed by atoms with Crippen molar-refractivity contribution in [3.05, 3.63) is 24.3 Å². The third-order valence-corrected chi connectivity index (χ3v) is 1.21. The van der Waals surface area contributed by atoms with E-state index >= 15 is 0 Å². The molecule has 0 aliphatic heterocycles. The zero-order valence-corrected chi connectivity index (χ0v) is 6.27. The number of hydrogen-bond donors (Lipinski definition) is 1. The molecule has 1 N–H and O–H groups in total. The Labute approximate surface area is 64.9 Å². The summed E-state index contributed by atoms with van der Waals surface area (Å²) in [5.74, 6) is 0.398. The van der Waals surface area contributed by atoms with Gasteiger partial charge in [-0.3, -0.25) is 0 Å². The topological polar surface area (TPSA) is 55.2 Å². The summed E-state index contributed by atoms with van der Waals surface area (Å²) in [4.78, 5) is 7.71. The van der Waals surface area contributed by atoms with Gasteiger partial charge >= 0.3 is 0 Å². The van der Waals surface area contributed by atoms with Crippen molar-refractivity contribution in [3.63, 3.8) is 0 Å². The molecule has 60 valence electrons. The lowest BCUT2D eigenvalue weighted by atomic mass is 10.3. The molecule has 0 aliphatic carbocycles. The molecule has 0 spiro atoms. The van der Waals surface area contributed by atoms with Gasteiger partial charge in [0.2, 0.25) is 0 Å². The number of aromatic nitrogens is 2. The number of aliphatic hydroxyl groups is 1. The lowest BCUT2D eigenvalue weighted by Crippen LogP contribution is -2.08. The number of methoxy groups -OCH3 is 1. The van der Waals surface area contributed by atoms with E-state index in [0.29, 0.717) is 5.82 Å². The molecule has 4 nitrogen and oxygen atoms in total. The van der Waals surface area contributed by atoms with Gasteiger partial charge in [-0.1, -0.05) is 0 Å². The average Bonchev–Trinajstić information content (AvgIpc) is 2.07. The number of rotatable bonds is 3. The molecule has 0 saturated carbocycles. The van der Waals surface area contributed by atoms with E-state index in [1.54, 1.807) is 18.5 Å². The van der Waals surface area contributed by atoms with E-state index in [2.05, 4.69) is 9.97 Å². The Morgan fingerprint density at radius 2 is 2.18 bits per heavy atom. The van der Waals surface area contributed by atoms with Gasteiger partial charge in [0, 0.05) is 19.5 Å². The standard InChI is InChI=1S/C7H10N2O2/c1-11-5-6(10)7-8-3-2-4-9-7/h2-4,6,10H,5H2,1H3. The van der Waals surface area contributed by atoms with Crippen LogP contribution in [-0.4, -0.2) is 28.8 Å². The van der Waals surface area contributed by atoms with Crippen LogP contribution < -0.4 is 0 Å². The summed E-state index contributed by atoms with van der Waals surface area (Å²) in [5, 5.41) is 9.27. The van der Waals surface area contributed by atoms with Gasteiger partial charge in [0.05, 0.1) is 6.61 Å². The molecule has 4 heteroatoms. The van der Waals surface area contributed by atoms with Crippen LogP contribution in [0.3, 0.4) is 0 Å². The Bertz CT molecular complexity index is 203. The predicted molar refractivity (Wildman–Crippen MR) is 38.9 cm³/mol. The maximum Gasteiger partial charge on any atom is 0.159 e. The van der Waals surface area contributed by atoms with Crippen molar-refractivity contribution in [2.24, 2.45) is 0 Å². The van der Waals surface area contributed by atoms with Gasteiger partial charge in [-0.2, -0.15) is 0 Å². The van der Waals surface area contributed by atoms with Crippen molar-refractivity contribution < 1.29 is 9.84 Å². The first-order chi connectivity index (χ1) is 5.34. The summed E-state index contributed by atoms with van der Waals surface area (Å²) in [6.45, 7) is 0.226. The summed E-state index contributed by atoms with van der Waals surface area (Å²) in [7, 11) is 1.52. The van der Waals surface area contributed by atoms with Crippen LogP contribution in [0.4, 0.5) is 0 Å². The van der Waals surface area contributed by atoms with Crippen LogP contribution in [0.1, 0.15) is 11.9 Å². The van der Waals surface area contributed by atoms with E-state index in [0.717, 1.165) is 0 Å². The second-order valence-electron chi connectivity index (χ2n) is 2.08. The maximum absolute atomic E-state index is 9.27. The van der Waals surface area contributed by atoms with Gasteiger partial charge in [0.15, 0.2) is 5.82 Å². The molecule has 1 unspecified atom stereocenters. The highest BCUT2D eigenvalue weighted by atomic mass is 16.5. The molecule has 0 fully saturated rings. The van der Waals surface area contributed by atoms with E-state index in [-0.39, 0.29) is 6.61 Å². The molecular weight excluding hydrogens is 144 g/mol. The quantitative estimate of drug-likeness (QED) is 0.673. The summed E-state index contributed by atoms with van der Waals surface area (Å²) in [5.41, 5.74) is 0. The SMILES string of the molecule is COCC(O)c1ncccn1. The summed E-state index contributed by atoms with van der Waals surface area (Å²) < 4.78 is 4.73. The number of nitrogens with zero attached hydrogens (tertiary/aromatic N) is 2. The highest BCUT2D eigenvalue weighted by Gasteiger charge is 2.07. The fourth-order valence-electron chi connectivity index (χ4n) is 0.715. The molecule has 0 aromatic carbocycles. The zero-order chi connectivity index (χ0) is 8.10. The van der Waals surface area contributed by atoms with Gasteiger partial charge < -0.3 is 9.84 Å². The molecule has 11 heavy (non-hydrogen) atoms. The van der Waals surface area contributed by atoms with Crippen LogP contribution in [0, 0.1) is 0 Å². The van der Waals surface area contributed by atoms with Crippen LogP contribution in [0.25, 0.3) is 0 Å². The average molecular weight is 154 g/mol. The Hall–Kier alpha value is -1.00. The van der Waals surface area contributed by atoms with Crippen molar-refractivity contribution in [1.29, 1.82) is 0 Å². The zero-order valence-electron chi connectivity index (χ0n) is 6.27. The number of hydrogen-bond acceptors (Lipinski definition) is 4. The van der Waals surface area contributed by atoms with E-state index in [9.17, 15) is 5.11 Å². The highest BCUT2D eigenvalue weighted by Crippen LogP contribution is 2.04. The molecule has 1 heterocycles. The molecule has 0 aliphatic rings. The van der Waals surface area contributed by atoms with Crippen molar-refractivity contribution in [1.82, 2.24) is 9.97 Å². The van der Waals surface area contributed by atoms with Crippen LogP contribution in [0.5, 0.6) is 0 Å². The Morgan fingerprint density at radius 1 is 1.55 bits per heavy atom. The maximum atomic E-state index is 9.27.